The molecule has 0 radical (unpaired) electrons. The third-order valence-electron chi connectivity index (χ3n) is 3.62. The summed E-state index contributed by atoms with van der Waals surface area (Å²) >= 11 is -0.546. The molecule has 0 aliphatic carbocycles. The standard InChI is InChI=1S/2C7H10P.2ClH.Zr/c2*1-5-4-6(2)8-7(5)3;;;/h2*8H,1-3H3;2*1H;/q;;;;+2/p-2. The van der Waals surface area contributed by atoms with Crippen LogP contribution in [0.2, 0.25) is 0 Å². The molecule has 2 aromatic rings. The smallest absolute Gasteiger partial charge is 1.00 e. The van der Waals surface area contributed by atoms with Crippen molar-refractivity contribution in [2.75, 3.05) is 0 Å². The van der Waals surface area contributed by atoms with E-state index in [9.17, 15) is 0 Å². The average Bonchev–Trinajstić information content (AvgIpc) is 2.62. The molecule has 0 amide bonds. The van der Waals surface area contributed by atoms with Crippen molar-refractivity contribution in [3.8, 4) is 0 Å². The zero-order valence-electron chi connectivity index (χ0n) is 12.3. The van der Waals surface area contributed by atoms with Crippen LogP contribution in [0.1, 0.15) is 32.3 Å². The molecule has 0 fully saturated rings. The van der Waals surface area contributed by atoms with E-state index in [2.05, 4.69) is 41.5 Å². The minimum Gasteiger partial charge on any atom is -1.00 e. The predicted octanol–water partition coefficient (Wildman–Crippen LogP) is -2.36. The Kier molecular flexibility index (Phi) is 8.29. The molecule has 0 nitrogen and oxygen atoms in total. The van der Waals surface area contributed by atoms with Gasteiger partial charge in [0.15, 0.2) is 0 Å². The SMILES string of the molecule is Cc1[pH]c(C)[c]([Zr+2][c]2c(C)[pH]c(C)c2C)c1C.[Cl-].[Cl-]. The van der Waals surface area contributed by atoms with E-state index >= 15 is 0 Å². The molecule has 2 heterocycles. The Morgan fingerprint density at radius 3 is 1.11 bits per heavy atom. The van der Waals surface area contributed by atoms with E-state index < -0.39 is 23.2 Å². The van der Waals surface area contributed by atoms with E-state index in [-0.39, 0.29) is 24.8 Å². The van der Waals surface area contributed by atoms with Gasteiger partial charge in [0, 0.05) is 0 Å². The van der Waals surface area contributed by atoms with Crippen LogP contribution in [0.3, 0.4) is 0 Å². The van der Waals surface area contributed by atoms with Gasteiger partial charge in [0.25, 0.3) is 0 Å². The number of halogens is 2. The molecule has 0 bridgehead atoms. The molecule has 0 spiro atoms. The Morgan fingerprint density at radius 1 is 0.579 bits per heavy atom. The van der Waals surface area contributed by atoms with Crippen LogP contribution in [0, 0.1) is 41.5 Å². The van der Waals surface area contributed by atoms with Crippen molar-refractivity contribution < 1.29 is 48.0 Å². The van der Waals surface area contributed by atoms with Crippen molar-refractivity contribution in [3.05, 3.63) is 32.3 Å². The fourth-order valence-electron chi connectivity index (χ4n) is 2.31. The van der Waals surface area contributed by atoms with E-state index in [1.165, 1.54) is 0 Å². The van der Waals surface area contributed by atoms with Gasteiger partial charge in [-0.2, -0.15) is 0 Å². The molecule has 0 saturated heterocycles. The van der Waals surface area contributed by atoms with Crippen LogP contribution in [0.4, 0.5) is 0 Å². The first-order valence-electron chi connectivity index (χ1n) is 6.00. The molecule has 0 aliphatic heterocycles. The Labute approximate surface area is 144 Å². The molecule has 2 aromatic heterocycles. The zero-order valence-corrected chi connectivity index (χ0v) is 18.2. The summed E-state index contributed by atoms with van der Waals surface area (Å²) in [5.41, 5.74) is 3.27. The fraction of sp³-hybridized carbons (Fsp3) is 0.429. The van der Waals surface area contributed by atoms with Crippen molar-refractivity contribution in [3.63, 3.8) is 0 Å². The van der Waals surface area contributed by atoms with Crippen LogP contribution in [-0.4, -0.2) is 0 Å². The molecule has 5 heteroatoms. The fourth-order valence-corrected chi connectivity index (χ4v) is 10.3. The quantitative estimate of drug-likeness (QED) is 0.518. The first-order valence-corrected chi connectivity index (χ1v) is 10.5. The second-order valence-corrected chi connectivity index (χ2v) is 11.4. The molecular formula is C14H20Cl2P2Zr. The molecule has 0 aliphatic rings. The second-order valence-electron chi connectivity index (χ2n) is 4.88. The molecule has 2 rings (SSSR count). The minimum atomic E-state index is -0.546. The average molecular weight is 412 g/mol. The Bertz CT molecular complexity index is 520. The van der Waals surface area contributed by atoms with Crippen LogP contribution >= 0.6 is 16.4 Å². The Morgan fingerprint density at radius 2 is 0.895 bits per heavy atom. The van der Waals surface area contributed by atoms with Gasteiger partial charge in [-0.15, -0.1) is 0 Å². The number of hydrogen-bond acceptors (Lipinski definition) is 0. The van der Waals surface area contributed by atoms with Crippen molar-refractivity contribution in [2.24, 2.45) is 0 Å². The predicted molar refractivity (Wildman–Crippen MR) is 79.6 cm³/mol. The summed E-state index contributed by atoms with van der Waals surface area (Å²) < 4.78 is 3.58. The molecule has 104 valence electrons. The van der Waals surface area contributed by atoms with Gasteiger partial charge >= 0.3 is 120 Å². The van der Waals surface area contributed by atoms with Gasteiger partial charge in [-0.3, -0.25) is 0 Å². The first-order chi connectivity index (χ1) is 7.91. The third kappa shape index (κ3) is 4.02. The summed E-state index contributed by atoms with van der Waals surface area (Å²) in [6.45, 7) is 14.0. The number of rotatable bonds is 2. The molecule has 0 N–H and O–H groups in total. The molecule has 19 heavy (non-hydrogen) atoms. The zero-order chi connectivity index (χ0) is 12.7. The molecule has 2 unspecified atom stereocenters. The summed E-state index contributed by atoms with van der Waals surface area (Å²) in [7, 11) is 1.97. The largest absolute Gasteiger partial charge is 1.00 e. The van der Waals surface area contributed by atoms with Gasteiger partial charge in [-0.25, -0.2) is 0 Å². The molecule has 0 saturated carbocycles. The maximum absolute atomic E-state index is 2.35. The summed E-state index contributed by atoms with van der Waals surface area (Å²) in [4.78, 5) is 0. The van der Waals surface area contributed by atoms with Crippen LogP contribution in [-0.2, 0) is 23.2 Å². The van der Waals surface area contributed by atoms with E-state index in [1.807, 2.05) is 0 Å². The monoisotopic (exact) mass is 410 g/mol. The Hall–Kier alpha value is 1.02. The van der Waals surface area contributed by atoms with Gasteiger partial charge in [-0.05, 0) is 0 Å². The third-order valence-corrected chi connectivity index (χ3v) is 12.5. The summed E-state index contributed by atoms with van der Waals surface area (Å²) in [5.74, 6) is 0. The van der Waals surface area contributed by atoms with Crippen LogP contribution in [0.25, 0.3) is 0 Å². The molecular weight excluding hydrogens is 392 g/mol. The van der Waals surface area contributed by atoms with Crippen LogP contribution in [0.5, 0.6) is 0 Å². The van der Waals surface area contributed by atoms with Crippen LogP contribution in [0.15, 0.2) is 0 Å². The van der Waals surface area contributed by atoms with Crippen molar-refractivity contribution in [1.29, 1.82) is 0 Å². The normalized spacial score (nSPS) is 10.4. The van der Waals surface area contributed by atoms with E-state index in [1.54, 1.807) is 38.9 Å². The van der Waals surface area contributed by atoms with E-state index in [0.717, 1.165) is 16.4 Å². The van der Waals surface area contributed by atoms with Gasteiger partial charge in [0.05, 0.1) is 0 Å². The second kappa shape index (κ2) is 7.87. The number of aryl methyl sites for hydroxylation is 4. The van der Waals surface area contributed by atoms with Crippen molar-refractivity contribution in [2.45, 2.75) is 41.5 Å². The maximum atomic E-state index is 2.35. The molecule has 2 atom stereocenters. The topological polar surface area (TPSA) is 0 Å². The van der Waals surface area contributed by atoms with Crippen molar-refractivity contribution >= 4 is 22.9 Å². The maximum Gasteiger partial charge on any atom is -1.00 e. The van der Waals surface area contributed by atoms with E-state index in [4.69, 9.17) is 0 Å². The van der Waals surface area contributed by atoms with Gasteiger partial charge in [0.2, 0.25) is 0 Å². The summed E-state index contributed by atoms with van der Waals surface area (Å²) in [6.07, 6.45) is 0. The first kappa shape index (κ1) is 20.0. The minimum absolute atomic E-state index is 0. The van der Waals surface area contributed by atoms with E-state index in [0.29, 0.717) is 0 Å². The molecule has 0 aromatic carbocycles. The van der Waals surface area contributed by atoms with Crippen LogP contribution < -0.4 is 31.4 Å². The Balaban J connectivity index is 0.00000162. The van der Waals surface area contributed by atoms with Crippen molar-refractivity contribution in [1.82, 2.24) is 0 Å². The number of hydrogen-bond donors (Lipinski definition) is 0. The van der Waals surface area contributed by atoms with Gasteiger partial charge < -0.3 is 24.8 Å². The summed E-state index contributed by atoms with van der Waals surface area (Å²) in [5, 5.41) is 6.64. The summed E-state index contributed by atoms with van der Waals surface area (Å²) in [6, 6.07) is 0. The van der Waals surface area contributed by atoms with Gasteiger partial charge in [-0.1, -0.05) is 0 Å². The van der Waals surface area contributed by atoms with Gasteiger partial charge in [0.1, 0.15) is 0 Å².